The lowest BCUT2D eigenvalue weighted by Gasteiger charge is -1.95. The zero-order valence-electron chi connectivity index (χ0n) is 6.71. The summed E-state index contributed by atoms with van der Waals surface area (Å²) in [4.78, 5) is 10.8. The predicted molar refractivity (Wildman–Crippen MR) is 46.0 cm³/mol. The fraction of sp³-hybridized carbons (Fsp3) is 0.375. The molecule has 1 amide bonds. The van der Waals surface area contributed by atoms with Gasteiger partial charge >= 0.3 is 0 Å². The average molecular weight is 154 g/mol. The quantitative estimate of drug-likeness (QED) is 0.448. The maximum absolute atomic E-state index is 10.8. The third-order valence-electron chi connectivity index (χ3n) is 0.995. The highest BCUT2D eigenvalue weighted by atomic mass is 16.1. The second-order valence-corrected chi connectivity index (χ2v) is 1.96. The Kier molecular flexibility index (Phi) is 6.33. The van der Waals surface area contributed by atoms with Crippen molar-refractivity contribution in [3.05, 3.63) is 24.3 Å². The Labute approximate surface area is 67.0 Å². The number of carbonyl (C=O) groups excluding carboxylic acids is 1. The Bertz CT molecular complexity index is 161. The van der Waals surface area contributed by atoms with Crippen LogP contribution in [0.5, 0.6) is 0 Å². The summed E-state index contributed by atoms with van der Waals surface area (Å²) in [6.45, 7) is 2.89. The average Bonchev–Trinajstić information content (AvgIpc) is 2.01. The van der Waals surface area contributed by atoms with Gasteiger partial charge in [-0.3, -0.25) is 4.79 Å². The van der Waals surface area contributed by atoms with Crippen LogP contribution in [-0.2, 0) is 4.79 Å². The molecule has 0 aliphatic heterocycles. The van der Waals surface area contributed by atoms with Gasteiger partial charge in [-0.2, -0.15) is 0 Å². The van der Waals surface area contributed by atoms with Crippen LogP contribution in [0.15, 0.2) is 24.3 Å². The van der Waals surface area contributed by atoms with Gasteiger partial charge in [0.25, 0.3) is 0 Å². The molecule has 0 saturated carbocycles. The molecule has 0 aliphatic carbocycles. The van der Waals surface area contributed by atoms with Gasteiger partial charge in [0.2, 0.25) is 5.91 Å². The molecule has 0 aromatic carbocycles. The highest BCUT2D eigenvalue weighted by molar-refractivity contribution is 5.87. The molecule has 3 nitrogen and oxygen atoms in total. The number of nitrogens with one attached hydrogen (secondary N) is 1. The highest BCUT2D eigenvalue weighted by Crippen LogP contribution is 1.76. The van der Waals surface area contributed by atoms with E-state index in [9.17, 15) is 4.79 Å². The van der Waals surface area contributed by atoms with Crippen LogP contribution in [0.25, 0.3) is 0 Å². The summed E-state index contributed by atoms with van der Waals surface area (Å²) >= 11 is 0. The van der Waals surface area contributed by atoms with Crippen molar-refractivity contribution in [3.8, 4) is 0 Å². The van der Waals surface area contributed by atoms with Crippen molar-refractivity contribution in [2.24, 2.45) is 5.73 Å². The first kappa shape index (κ1) is 9.91. The molecule has 0 aromatic heterocycles. The summed E-state index contributed by atoms with van der Waals surface area (Å²) in [6.07, 6.45) is 6.80. The van der Waals surface area contributed by atoms with Gasteiger partial charge in [-0.15, -0.1) is 0 Å². The van der Waals surface area contributed by atoms with Gasteiger partial charge in [-0.1, -0.05) is 18.2 Å². The van der Waals surface area contributed by atoms with E-state index in [1.807, 2.05) is 13.0 Å². The minimum atomic E-state index is -0.103. The minimum Gasteiger partial charge on any atom is -0.351 e. The summed E-state index contributed by atoms with van der Waals surface area (Å²) in [5.74, 6) is -0.103. The van der Waals surface area contributed by atoms with Crippen molar-refractivity contribution in [2.45, 2.75) is 6.92 Å². The normalized spacial score (nSPS) is 11.1. The number of amides is 1. The van der Waals surface area contributed by atoms with Gasteiger partial charge in [0.1, 0.15) is 0 Å². The summed E-state index contributed by atoms with van der Waals surface area (Å²) in [5.41, 5.74) is 5.18. The highest BCUT2D eigenvalue weighted by Gasteiger charge is 1.89. The molecule has 0 unspecified atom stereocenters. The molecular formula is C8H14N2O. The largest absolute Gasteiger partial charge is 0.351 e. The summed E-state index contributed by atoms with van der Waals surface area (Å²) < 4.78 is 0. The molecule has 0 heterocycles. The molecule has 0 aromatic rings. The smallest absolute Gasteiger partial charge is 0.244 e. The zero-order chi connectivity index (χ0) is 8.53. The molecule has 0 spiro atoms. The fourth-order valence-corrected chi connectivity index (χ4v) is 0.508. The van der Waals surface area contributed by atoms with E-state index in [4.69, 9.17) is 5.73 Å². The minimum absolute atomic E-state index is 0.103. The van der Waals surface area contributed by atoms with Crippen molar-refractivity contribution in [2.75, 3.05) is 13.1 Å². The molecule has 11 heavy (non-hydrogen) atoms. The van der Waals surface area contributed by atoms with Crippen molar-refractivity contribution in [3.63, 3.8) is 0 Å². The molecule has 3 heteroatoms. The lowest BCUT2D eigenvalue weighted by Crippen LogP contribution is -2.27. The first-order chi connectivity index (χ1) is 5.31. The van der Waals surface area contributed by atoms with E-state index in [2.05, 4.69) is 5.32 Å². The van der Waals surface area contributed by atoms with Crippen molar-refractivity contribution in [1.82, 2.24) is 5.32 Å². The van der Waals surface area contributed by atoms with Gasteiger partial charge in [0.05, 0.1) is 0 Å². The van der Waals surface area contributed by atoms with E-state index in [-0.39, 0.29) is 5.91 Å². The Morgan fingerprint density at radius 3 is 2.82 bits per heavy atom. The topological polar surface area (TPSA) is 55.1 Å². The van der Waals surface area contributed by atoms with Crippen LogP contribution in [0.2, 0.25) is 0 Å². The Hall–Kier alpha value is -1.09. The molecule has 0 atom stereocenters. The first-order valence-corrected chi connectivity index (χ1v) is 3.58. The van der Waals surface area contributed by atoms with E-state index < -0.39 is 0 Å². The first-order valence-electron chi connectivity index (χ1n) is 3.58. The van der Waals surface area contributed by atoms with Crippen LogP contribution in [0.3, 0.4) is 0 Å². The monoisotopic (exact) mass is 154 g/mol. The van der Waals surface area contributed by atoms with E-state index in [0.29, 0.717) is 13.1 Å². The molecule has 0 aliphatic rings. The number of hydrogen-bond acceptors (Lipinski definition) is 2. The summed E-state index contributed by atoms with van der Waals surface area (Å²) in [5, 5.41) is 2.61. The number of carbonyl (C=O) groups is 1. The van der Waals surface area contributed by atoms with Crippen molar-refractivity contribution in [1.29, 1.82) is 0 Å². The van der Waals surface area contributed by atoms with Crippen molar-refractivity contribution < 1.29 is 4.79 Å². The summed E-state index contributed by atoms with van der Waals surface area (Å²) in [7, 11) is 0. The maximum Gasteiger partial charge on any atom is 0.244 e. The van der Waals surface area contributed by atoms with E-state index in [1.54, 1.807) is 12.2 Å². The van der Waals surface area contributed by atoms with Gasteiger partial charge in [-0.25, -0.2) is 0 Å². The molecule has 0 fully saturated rings. The number of rotatable bonds is 4. The third kappa shape index (κ3) is 6.80. The lowest BCUT2D eigenvalue weighted by molar-refractivity contribution is -0.116. The molecule has 62 valence electrons. The Balaban J connectivity index is 3.51. The molecule has 0 rings (SSSR count). The fourth-order valence-electron chi connectivity index (χ4n) is 0.508. The Morgan fingerprint density at radius 1 is 1.55 bits per heavy atom. The number of allylic oxidation sites excluding steroid dienone is 3. The number of nitrogens with two attached hydrogens (primary N) is 1. The van der Waals surface area contributed by atoms with Gasteiger partial charge in [0, 0.05) is 19.2 Å². The summed E-state index contributed by atoms with van der Waals surface area (Å²) in [6, 6.07) is 0. The second-order valence-electron chi connectivity index (χ2n) is 1.96. The molecule has 0 radical (unpaired) electrons. The van der Waals surface area contributed by atoms with E-state index in [0.717, 1.165) is 0 Å². The standard InChI is InChI=1S/C8H14N2O/c1-2-3-4-5-8(11)10-7-6-9/h2-5H,6-7,9H2,1H3,(H,10,11)/b3-2+,5-4+. The number of hydrogen-bond donors (Lipinski definition) is 2. The van der Waals surface area contributed by atoms with Crippen LogP contribution in [0.4, 0.5) is 0 Å². The molecule has 0 bridgehead atoms. The van der Waals surface area contributed by atoms with Gasteiger partial charge in [0.15, 0.2) is 0 Å². The maximum atomic E-state index is 10.8. The molecule has 0 saturated heterocycles. The SMILES string of the molecule is C/C=C/C=C/C(=O)NCCN. The zero-order valence-corrected chi connectivity index (χ0v) is 6.71. The Morgan fingerprint density at radius 2 is 2.27 bits per heavy atom. The lowest BCUT2D eigenvalue weighted by atomic mass is 10.4. The van der Waals surface area contributed by atoms with E-state index in [1.165, 1.54) is 6.08 Å². The van der Waals surface area contributed by atoms with Crippen molar-refractivity contribution >= 4 is 5.91 Å². The van der Waals surface area contributed by atoms with Crippen LogP contribution < -0.4 is 11.1 Å². The van der Waals surface area contributed by atoms with Crippen LogP contribution >= 0.6 is 0 Å². The van der Waals surface area contributed by atoms with Crippen LogP contribution in [0, 0.1) is 0 Å². The van der Waals surface area contributed by atoms with E-state index >= 15 is 0 Å². The molecular weight excluding hydrogens is 140 g/mol. The second kappa shape index (κ2) is 7.02. The van der Waals surface area contributed by atoms with Gasteiger partial charge < -0.3 is 11.1 Å². The third-order valence-corrected chi connectivity index (χ3v) is 0.995. The van der Waals surface area contributed by atoms with Crippen LogP contribution in [0.1, 0.15) is 6.92 Å². The predicted octanol–water partition coefficient (Wildman–Crippen LogP) is 0.194. The van der Waals surface area contributed by atoms with Crippen LogP contribution in [-0.4, -0.2) is 19.0 Å². The van der Waals surface area contributed by atoms with Gasteiger partial charge in [-0.05, 0) is 6.92 Å². The molecule has 3 N–H and O–H groups in total.